The van der Waals surface area contributed by atoms with E-state index in [4.69, 9.17) is 4.98 Å². The van der Waals surface area contributed by atoms with Gasteiger partial charge in [0.25, 0.3) is 0 Å². The highest BCUT2D eigenvalue weighted by molar-refractivity contribution is 5.88. The summed E-state index contributed by atoms with van der Waals surface area (Å²) >= 11 is 0. The zero-order valence-corrected chi connectivity index (χ0v) is 18.1. The van der Waals surface area contributed by atoms with Crippen molar-refractivity contribution in [2.75, 3.05) is 0 Å². The normalized spacial score (nSPS) is 13.3. The number of fused-ring (bicyclic) bond motifs is 1. The van der Waals surface area contributed by atoms with Gasteiger partial charge in [-0.2, -0.15) is 0 Å². The van der Waals surface area contributed by atoms with Crippen LogP contribution < -0.4 is 0 Å². The maximum absolute atomic E-state index is 15.8. The van der Waals surface area contributed by atoms with E-state index >= 15 is 4.39 Å². The van der Waals surface area contributed by atoms with Crippen molar-refractivity contribution in [2.24, 2.45) is 0 Å². The van der Waals surface area contributed by atoms with E-state index in [1.54, 1.807) is 0 Å². The quantitative estimate of drug-likeness (QED) is 0.568. The van der Waals surface area contributed by atoms with Crippen LogP contribution in [0.2, 0.25) is 0 Å². The summed E-state index contributed by atoms with van der Waals surface area (Å²) in [7, 11) is 0. The summed E-state index contributed by atoms with van der Waals surface area (Å²) in [4.78, 5) is 9.55. The van der Waals surface area contributed by atoms with Crippen LogP contribution in [0.25, 0.3) is 16.5 Å². The molecule has 0 aliphatic carbocycles. The predicted molar refractivity (Wildman–Crippen MR) is 110 cm³/mol. The molecule has 26 heavy (non-hydrogen) atoms. The first-order valence-corrected chi connectivity index (χ1v) is 9.26. The minimum Gasteiger partial charge on any atom is -0.236 e. The molecule has 1 aromatic carbocycles. The fourth-order valence-electron chi connectivity index (χ4n) is 3.20. The fraction of sp³-hybridized carbons (Fsp3) is 0.565. The van der Waals surface area contributed by atoms with Gasteiger partial charge in [0.05, 0.1) is 5.69 Å². The Labute approximate surface area is 158 Å². The zero-order chi connectivity index (χ0) is 20.2. The highest BCUT2D eigenvalue weighted by atomic mass is 19.1. The smallest absolute Gasteiger partial charge is 0.153 e. The third kappa shape index (κ3) is 3.67. The first-order valence-electron chi connectivity index (χ1n) is 9.26. The standard InChI is InChI=1S/C23H33FN2/c1-13(2)14-12-15-18(17(24)16(14)21(3,4)5)25-20(23(9,10)11)26-19(15)22(6,7)8/h12H,1H2,2-11H3. The van der Waals surface area contributed by atoms with Crippen molar-refractivity contribution in [1.82, 2.24) is 9.97 Å². The Morgan fingerprint density at radius 3 is 1.81 bits per heavy atom. The van der Waals surface area contributed by atoms with Gasteiger partial charge in [0, 0.05) is 21.8 Å². The molecule has 0 bridgehead atoms. The van der Waals surface area contributed by atoms with E-state index < -0.39 is 0 Å². The van der Waals surface area contributed by atoms with Crippen LogP contribution in [0.3, 0.4) is 0 Å². The molecule has 0 amide bonds. The number of hydrogen-bond acceptors (Lipinski definition) is 2. The zero-order valence-electron chi connectivity index (χ0n) is 18.1. The molecule has 0 unspecified atom stereocenters. The molecule has 3 heteroatoms. The molecular weight excluding hydrogens is 323 g/mol. The lowest BCUT2D eigenvalue weighted by Gasteiger charge is -2.28. The molecule has 0 aliphatic rings. The van der Waals surface area contributed by atoms with Gasteiger partial charge in [-0.05, 0) is 24.0 Å². The first kappa shape index (κ1) is 20.5. The monoisotopic (exact) mass is 356 g/mol. The van der Waals surface area contributed by atoms with E-state index in [0.29, 0.717) is 16.9 Å². The summed E-state index contributed by atoms with van der Waals surface area (Å²) in [6, 6.07) is 2.04. The summed E-state index contributed by atoms with van der Waals surface area (Å²) < 4.78 is 15.8. The first-order chi connectivity index (χ1) is 11.5. The largest absolute Gasteiger partial charge is 0.236 e. The third-order valence-electron chi connectivity index (χ3n) is 4.52. The van der Waals surface area contributed by atoms with Gasteiger partial charge in [0.1, 0.15) is 11.3 Å². The Morgan fingerprint density at radius 1 is 0.885 bits per heavy atom. The van der Waals surface area contributed by atoms with E-state index in [1.165, 1.54) is 0 Å². The summed E-state index contributed by atoms with van der Waals surface area (Å²) in [5.74, 6) is 0.433. The van der Waals surface area contributed by atoms with E-state index in [2.05, 4.69) is 53.1 Å². The summed E-state index contributed by atoms with van der Waals surface area (Å²) in [6.45, 7) is 24.6. The van der Waals surface area contributed by atoms with Gasteiger partial charge in [-0.15, -0.1) is 0 Å². The SMILES string of the molecule is C=C(C)c1cc2c(C(C)(C)C)nc(C(C)(C)C)nc2c(F)c1C(C)(C)C. The lowest BCUT2D eigenvalue weighted by atomic mass is 9.79. The number of nitrogens with zero attached hydrogens (tertiary/aromatic N) is 2. The number of hydrogen-bond donors (Lipinski definition) is 0. The van der Waals surface area contributed by atoms with Gasteiger partial charge in [-0.25, -0.2) is 14.4 Å². The molecule has 0 radical (unpaired) electrons. The second-order valence-corrected chi connectivity index (χ2v) is 10.4. The third-order valence-corrected chi connectivity index (χ3v) is 4.52. The Hall–Kier alpha value is -1.77. The van der Waals surface area contributed by atoms with Crippen LogP contribution >= 0.6 is 0 Å². The molecule has 2 nitrogen and oxygen atoms in total. The van der Waals surface area contributed by atoms with Crippen molar-refractivity contribution < 1.29 is 4.39 Å². The molecule has 0 N–H and O–H groups in total. The Bertz CT molecular complexity index is 872. The molecule has 0 aliphatic heterocycles. The molecule has 0 fully saturated rings. The minimum absolute atomic E-state index is 0.219. The van der Waals surface area contributed by atoms with Gasteiger partial charge in [-0.1, -0.05) is 74.5 Å². The van der Waals surface area contributed by atoms with Gasteiger partial charge >= 0.3 is 0 Å². The Balaban J connectivity index is 3.12. The maximum atomic E-state index is 15.8. The number of allylic oxidation sites excluding steroid dienone is 1. The van der Waals surface area contributed by atoms with Crippen LogP contribution in [-0.4, -0.2) is 9.97 Å². The molecular formula is C23H33FN2. The average molecular weight is 357 g/mol. The van der Waals surface area contributed by atoms with E-state index in [0.717, 1.165) is 22.2 Å². The van der Waals surface area contributed by atoms with E-state index in [9.17, 15) is 0 Å². The predicted octanol–water partition coefficient (Wildman–Crippen LogP) is 6.69. The molecule has 2 rings (SSSR count). The highest BCUT2D eigenvalue weighted by Crippen LogP contribution is 2.39. The van der Waals surface area contributed by atoms with Crippen LogP contribution in [0, 0.1) is 5.82 Å². The average Bonchev–Trinajstić information content (AvgIpc) is 2.42. The lowest BCUT2D eigenvalue weighted by molar-refractivity contribution is 0.510. The summed E-state index contributed by atoms with van der Waals surface area (Å²) in [5, 5.41) is 0.786. The number of rotatable bonds is 1. The molecule has 0 spiro atoms. The molecule has 1 heterocycles. The molecule has 0 atom stereocenters. The van der Waals surface area contributed by atoms with Crippen molar-refractivity contribution in [2.45, 2.75) is 85.5 Å². The van der Waals surface area contributed by atoms with Crippen molar-refractivity contribution in [3.8, 4) is 0 Å². The minimum atomic E-state index is -0.346. The van der Waals surface area contributed by atoms with Gasteiger partial charge in [0.15, 0.2) is 5.82 Å². The second-order valence-electron chi connectivity index (χ2n) is 10.4. The van der Waals surface area contributed by atoms with Crippen molar-refractivity contribution >= 4 is 16.5 Å². The van der Waals surface area contributed by atoms with E-state index in [1.807, 2.05) is 33.8 Å². The Kier molecular flexibility index (Phi) is 4.85. The molecule has 0 saturated heterocycles. The number of aromatic nitrogens is 2. The summed E-state index contributed by atoms with van der Waals surface area (Å²) in [6.07, 6.45) is 0. The number of halogens is 1. The second kappa shape index (κ2) is 6.14. The van der Waals surface area contributed by atoms with Crippen LogP contribution in [0.5, 0.6) is 0 Å². The topological polar surface area (TPSA) is 25.8 Å². The fourth-order valence-corrected chi connectivity index (χ4v) is 3.20. The van der Waals surface area contributed by atoms with Crippen LogP contribution in [0.4, 0.5) is 4.39 Å². The van der Waals surface area contributed by atoms with E-state index in [-0.39, 0.29) is 22.1 Å². The summed E-state index contributed by atoms with van der Waals surface area (Å²) in [5.41, 5.74) is 2.88. The van der Waals surface area contributed by atoms with Crippen molar-refractivity contribution in [3.05, 3.63) is 41.1 Å². The van der Waals surface area contributed by atoms with Crippen LogP contribution in [0.15, 0.2) is 12.6 Å². The Morgan fingerprint density at radius 2 is 1.42 bits per heavy atom. The number of benzene rings is 1. The van der Waals surface area contributed by atoms with Crippen molar-refractivity contribution in [1.29, 1.82) is 0 Å². The highest BCUT2D eigenvalue weighted by Gasteiger charge is 2.30. The molecule has 0 saturated carbocycles. The van der Waals surface area contributed by atoms with Crippen LogP contribution in [0.1, 0.15) is 91.9 Å². The molecule has 142 valence electrons. The van der Waals surface area contributed by atoms with Gasteiger partial charge < -0.3 is 0 Å². The lowest BCUT2D eigenvalue weighted by Crippen LogP contribution is -2.24. The van der Waals surface area contributed by atoms with Crippen LogP contribution in [-0.2, 0) is 16.2 Å². The maximum Gasteiger partial charge on any atom is 0.153 e. The van der Waals surface area contributed by atoms with Gasteiger partial charge in [0.2, 0.25) is 0 Å². The molecule has 1 aromatic heterocycles. The van der Waals surface area contributed by atoms with Crippen molar-refractivity contribution in [3.63, 3.8) is 0 Å². The molecule has 2 aromatic rings. The van der Waals surface area contributed by atoms with Gasteiger partial charge in [-0.3, -0.25) is 0 Å².